The molecule has 0 aliphatic heterocycles. The number of carbonyl (C=O) groups excluding carboxylic acids is 1. The number of hydrogen-bond acceptors (Lipinski definition) is 4. The summed E-state index contributed by atoms with van der Waals surface area (Å²) in [4.78, 5) is 19.9. The van der Waals surface area contributed by atoms with E-state index in [9.17, 15) is 4.79 Å². The summed E-state index contributed by atoms with van der Waals surface area (Å²) in [6, 6.07) is 22.5. The van der Waals surface area contributed by atoms with E-state index < -0.39 is 0 Å². The van der Waals surface area contributed by atoms with Crippen molar-refractivity contribution in [2.24, 2.45) is 0 Å². The number of aromatic nitrogens is 1. The number of benzene rings is 2. The molecule has 0 fully saturated rings. The highest BCUT2D eigenvalue weighted by Crippen LogP contribution is 2.26. The molecule has 0 saturated heterocycles. The van der Waals surface area contributed by atoms with Gasteiger partial charge in [0.2, 0.25) is 11.8 Å². The van der Waals surface area contributed by atoms with Crippen LogP contribution in [0.15, 0.2) is 76.5 Å². The number of hydrogen-bond donors (Lipinski definition) is 0. The predicted octanol–water partition coefficient (Wildman–Crippen LogP) is 5.58. The molecule has 4 rings (SSSR count). The fourth-order valence-electron chi connectivity index (χ4n) is 3.17. The SMILES string of the molecule is Cc1oc(-c2cccs2)nc1CC(=O)N(C)Cc1ccc(-c2ccccc2)cc1. The van der Waals surface area contributed by atoms with Crippen LogP contribution in [-0.4, -0.2) is 22.8 Å². The number of aryl methyl sites for hydroxylation is 1. The van der Waals surface area contributed by atoms with Crippen LogP contribution in [0.1, 0.15) is 17.0 Å². The molecule has 1 amide bonds. The van der Waals surface area contributed by atoms with Crippen molar-refractivity contribution in [2.75, 3.05) is 7.05 Å². The van der Waals surface area contributed by atoms with Crippen molar-refractivity contribution in [1.82, 2.24) is 9.88 Å². The Labute approximate surface area is 174 Å². The average Bonchev–Trinajstić information content (AvgIpc) is 3.39. The van der Waals surface area contributed by atoms with Crippen LogP contribution in [-0.2, 0) is 17.8 Å². The molecule has 29 heavy (non-hydrogen) atoms. The van der Waals surface area contributed by atoms with Crippen LogP contribution in [0.5, 0.6) is 0 Å². The number of amides is 1. The third-order valence-electron chi connectivity index (χ3n) is 4.85. The molecule has 0 aliphatic carbocycles. The minimum atomic E-state index is 0.0197. The normalized spacial score (nSPS) is 10.8. The van der Waals surface area contributed by atoms with Gasteiger partial charge in [-0.3, -0.25) is 4.79 Å². The van der Waals surface area contributed by atoms with Crippen molar-refractivity contribution in [3.63, 3.8) is 0 Å². The Hall–Kier alpha value is -3.18. The third-order valence-corrected chi connectivity index (χ3v) is 5.71. The van der Waals surface area contributed by atoms with E-state index >= 15 is 0 Å². The first-order chi connectivity index (χ1) is 14.1. The Morgan fingerprint density at radius 1 is 1.00 bits per heavy atom. The summed E-state index contributed by atoms with van der Waals surface area (Å²) in [5.41, 5.74) is 4.15. The van der Waals surface area contributed by atoms with Crippen LogP contribution in [0.4, 0.5) is 0 Å². The lowest BCUT2D eigenvalue weighted by Crippen LogP contribution is -2.28. The van der Waals surface area contributed by atoms with Gasteiger partial charge < -0.3 is 9.32 Å². The summed E-state index contributed by atoms with van der Waals surface area (Å²) >= 11 is 1.57. The van der Waals surface area contributed by atoms with Gasteiger partial charge in [-0.2, -0.15) is 0 Å². The molecule has 2 aromatic carbocycles. The van der Waals surface area contributed by atoms with Gasteiger partial charge in [0.05, 0.1) is 17.0 Å². The van der Waals surface area contributed by atoms with Crippen LogP contribution < -0.4 is 0 Å². The van der Waals surface area contributed by atoms with E-state index in [1.54, 1.807) is 16.2 Å². The molecule has 0 saturated carbocycles. The van der Waals surface area contributed by atoms with E-state index in [-0.39, 0.29) is 12.3 Å². The Morgan fingerprint density at radius 3 is 2.41 bits per heavy atom. The van der Waals surface area contributed by atoms with Crippen molar-refractivity contribution in [3.8, 4) is 21.9 Å². The molecular weight excluding hydrogens is 380 g/mol. The second-order valence-corrected chi connectivity index (χ2v) is 7.94. The summed E-state index contributed by atoms with van der Waals surface area (Å²) in [6.45, 7) is 2.41. The Morgan fingerprint density at radius 2 is 1.72 bits per heavy atom. The van der Waals surface area contributed by atoms with E-state index in [0.717, 1.165) is 10.4 Å². The zero-order valence-corrected chi connectivity index (χ0v) is 17.3. The molecule has 0 radical (unpaired) electrons. The lowest BCUT2D eigenvalue weighted by Gasteiger charge is -2.17. The Balaban J connectivity index is 1.40. The molecular formula is C24H22N2O2S. The summed E-state index contributed by atoms with van der Waals surface area (Å²) in [6.07, 6.45) is 0.235. The van der Waals surface area contributed by atoms with Gasteiger partial charge in [-0.15, -0.1) is 11.3 Å². The summed E-state index contributed by atoms with van der Waals surface area (Å²) in [5, 5.41) is 1.98. The van der Waals surface area contributed by atoms with Gasteiger partial charge in [-0.1, -0.05) is 60.7 Å². The molecule has 5 heteroatoms. The maximum absolute atomic E-state index is 12.7. The maximum Gasteiger partial charge on any atom is 0.236 e. The minimum absolute atomic E-state index is 0.0197. The van der Waals surface area contributed by atoms with Crippen LogP contribution in [0.25, 0.3) is 21.9 Å². The Kier molecular flexibility index (Phi) is 5.58. The van der Waals surface area contributed by atoms with Gasteiger partial charge in [-0.25, -0.2) is 4.98 Å². The highest BCUT2D eigenvalue weighted by Gasteiger charge is 2.17. The van der Waals surface area contributed by atoms with Gasteiger partial charge >= 0.3 is 0 Å². The monoisotopic (exact) mass is 402 g/mol. The second-order valence-electron chi connectivity index (χ2n) is 6.99. The standard InChI is InChI=1S/C24H22N2O2S/c1-17-21(25-24(28-17)22-9-6-14-29-22)15-23(27)26(2)16-18-10-12-20(13-11-18)19-7-4-3-5-8-19/h3-14H,15-16H2,1-2H3. The number of nitrogens with zero attached hydrogens (tertiary/aromatic N) is 2. The van der Waals surface area contributed by atoms with E-state index in [2.05, 4.69) is 41.4 Å². The number of likely N-dealkylation sites (N-methyl/N-ethyl adjacent to an activating group) is 1. The fourth-order valence-corrected chi connectivity index (χ4v) is 3.82. The van der Waals surface area contributed by atoms with Crippen LogP contribution in [0.2, 0.25) is 0 Å². The highest BCUT2D eigenvalue weighted by atomic mass is 32.1. The van der Waals surface area contributed by atoms with Crippen LogP contribution in [0, 0.1) is 6.92 Å². The molecule has 0 spiro atoms. The van der Waals surface area contributed by atoms with E-state index in [1.165, 1.54) is 11.1 Å². The first-order valence-electron chi connectivity index (χ1n) is 9.48. The number of rotatable bonds is 6. The van der Waals surface area contributed by atoms with Crippen LogP contribution >= 0.6 is 11.3 Å². The largest absolute Gasteiger partial charge is 0.440 e. The minimum Gasteiger partial charge on any atom is -0.440 e. The van der Waals surface area contributed by atoms with E-state index in [4.69, 9.17) is 4.42 Å². The average molecular weight is 403 g/mol. The van der Waals surface area contributed by atoms with Gasteiger partial charge in [0.1, 0.15) is 5.76 Å². The van der Waals surface area contributed by atoms with Gasteiger partial charge in [-0.05, 0) is 35.1 Å². The molecule has 146 valence electrons. The lowest BCUT2D eigenvalue weighted by atomic mass is 10.0. The van der Waals surface area contributed by atoms with Crippen molar-refractivity contribution in [1.29, 1.82) is 0 Å². The molecule has 0 atom stereocenters. The zero-order chi connectivity index (χ0) is 20.2. The maximum atomic E-state index is 12.7. The topological polar surface area (TPSA) is 46.3 Å². The number of thiophene rings is 1. The first kappa shape index (κ1) is 19.2. The van der Waals surface area contributed by atoms with Crippen LogP contribution in [0.3, 0.4) is 0 Å². The van der Waals surface area contributed by atoms with Crippen molar-refractivity contribution >= 4 is 17.2 Å². The second kappa shape index (κ2) is 8.45. The molecule has 4 nitrogen and oxygen atoms in total. The molecule has 2 heterocycles. The first-order valence-corrected chi connectivity index (χ1v) is 10.4. The zero-order valence-electron chi connectivity index (χ0n) is 16.5. The smallest absolute Gasteiger partial charge is 0.236 e. The lowest BCUT2D eigenvalue weighted by molar-refractivity contribution is -0.129. The number of carbonyl (C=O) groups is 1. The Bertz CT molecular complexity index is 1080. The molecule has 4 aromatic rings. The van der Waals surface area contributed by atoms with Crippen molar-refractivity contribution in [3.05, 3.63) is 89.1 Å². The summed E-state index contributed by atoms with van der Waals surface area (Å²) < 4.78 is 5.74. The van der Waals surface area contributed by atoms with Gasteiger partial charge in [0, 0.05) is 13.6 Å². The molecule has 0 unspecified atom stereocenters. The van der Waals surface area contributed by atoms with E-state index in [0.29, 0.717) is 23.9 Å². The van der Waals surface area contributed by atoms with Crippen molar-refractivity contribution in [2.45, 2.75) is 19.9 Å². The fraction of sp³-hybridized carbons (Fsp3) is 0.167. The third kappa shape index (κ3) is 4.46. The molecule has 0 bridgehead atoms. The van der Waals surface area contributed by atoms with Gasteiger partial charge in [0.15, 0.2) is 0 Å². The van der Waals surface area contributed by atoms with Crippen molar-refractivity contribution < 1.29 is 9.21 Å². The van der Waals surface area contributed by atoms with E-state index in [1.807, 2.05) is 49.7 Å². The molecule has 0 N–H and O–H groups in total. The highest BCUT2D eigenvalue weighted by molar-refractivity contribution is 7.13. The predicted molar refractivity (Wildman–Crippen MR) is 117 cm³/mol. The molecule has 0 aliphatic rings. The summed E-state index contributed by atoms with van der Waals surface area (Å²) in [5.74, 6) is 1.30. The number of oxazole rings is 1. The quantitative estimate of drug-likeness (QED) is 0.423. The summed E-state index contributed by atoms with van der Waals surface area (Å²) in [7, 11) is 1.82. The molecule has 2 aromatic heterocycles. The van der Waals surface area contributed by atoms with Gasteiger partial charge in [0.25, 0.3) is 0 Å².